The summed E-state index contributed by atoms with van der Waals surface area (Å²) in [5.74, 6) is 0.346. The first-order valence-corrected chi connectivity index (χ1v) is 13.4. The van der Waals surface area contributed by atoms with Crippen LogP contribution in [-0.4, -0.2) is 20.1 Å². The molecule has 4 aromatic rings. The van der Waals surface area contributed by atoms with E-state index < -0.39 is 22.1 Å². The molecular weight excluding hydrogens is 543 g/mol. The van der Waals surface area contributed by atoms with Crippen LogP contribution in [0.3, 0.4) is 0 Å². The maximum atomic E-state index is 14.3. The van der Waals surface area contributed by atoms with Crippen LogP contribution >= 0.6 is 34.8 Å². The van der Waals surface area contributed by atoms with Crippen LogP contribution in [0.4, 0.5) is 5.82 Å². The Morgan fingerprint density at radius 3 is 1.89 bits per heavy atom. The molecule has 0 N–H and O–H groups in total. The van der Waals surface area contributed by atoms with Gasteiger partial charge in [0.05, 0.1) is 19.2 Å². The minimum atomic E-state index is -4.29. The molecule has 2 heterocycles. The molecule has 2 atom stereocenters. The van der Waals surface area contributed by atoms with Crippen molar-refractivity contribution in [2.24, 2.45) is 0 Å². The fourth-order valence-electron chi connectivity index (χ4n) is 4.56. The number of rotatable bonds is 5. The normalized spacial score (nSPS) is 17.2. The molecule has 36 heavy (non-hydrogen) atoms. The van der Waals surface area contributed by atoms with Gasteiger partial charge in [0, 0.05) is 21.1 Å². The van der Waals surface area contributed by atoms with Gasteiger partial charge in [0.25, 0.3) is 15.6 Å². The maximum absolute atomic E-state index is 14.3. The maximum Gasteiger partial charge on any atom is 0.269 e. The number of ether oxygens (including phenoxy) is 1. The average Bonchev–Trinajstić information content (AvgIpc) is 3.22. The Morgan fingerprint density at radius 1 is 0.750 bits per heavy atom. The summed E-state index contributed by atoms with van der Waals surface area (Å²) in [6.45, 7) is 0. The van der Waals surface area contributed by atoms with E-state index in [2.05, 4.69) is 0 Å². The summed E-state index contributed by atoms with van der Waals surface area (Å²) < 4.78 is 36.8. The van der Waals surface area contributed by atoms with Crippen LogP contribution in [0.1, 0.15) is 23.2 Å². The molecule has 1 aromatic heterocycles. The van der Waals surface area contributed by atoms with Gasteiger partial charge in [-0.3, -0.25) is 9.36 Å². The molecule has 6 nitrogen and oxygen atoms in total. The third-order valence-electron chi connectivity index (χ3n) is 6.11. The van der Waals surface area contributed by atoms with Gasteiger partial charge in [-0.15, -0.1) is 0 Å². The Kier molecular flexibility index (Phi) is 6.51. The van der Waals surface area contributed by atoms with Crippen LogP contribution < -0.4 is 14.6 Å². The number of hydrogen-bond donors (Lipinski definition) is 0. The summed E-state index contributed by atoms with van der Waals surface area (Å²) in [6.07, 6.45) is 0. The third kappa shape index (κ3) is 4.16. The van der Waals surface area contributed by atoms with Crippen LogP contribution in [0.15, 0.2) is 94.6 Å². The summed E-state index contributed by atoms with van der Waals surface area (Å²) in [7, 11) is -2.90. The van der Waals surface area contributed by atoms with Gasteiger partial charge in [0.1, 0.15) is 16.5 Å². The molecule has 0 saturated carbocycles. The quantitative estimate of drug-likeness (QED) is 0.284. The molecular formula is C26H19Cl3N2O4S. The van der Waals surface area contributed by atoms with Crippen LogP contribution in [0.25, 0.3) is 0 Å². The number of hydrogen-bond acceptors (Lipinski definition) is 4. The SMILES string of the molecule is COc1ccc(Cl)cc1S(=O)(=O)N1c2cccc(=O)n2[C@H](c2ccc(Cl)cc2)[C@@H]1c1ccc(Cl)cc1. The lowest BCUT2D eigenvalue weighted by Crippen LogP contribution is -2.34. The highest BCUT2D eigenvalue weighted by Gasteiger charge is 2.47. The van der Waals surface area contributed by atoms with E-state index in [4.69, 9.17) is 39.5 Å². The van der Waals surface area contributed by atoms with E-state index in [9.17, 15) is 13.2 Å². The minimum Gasteiger partial charge on any atom is -0.495 e. The third-order valence-corrected chi connectivity index (χ3v) is 8.66. The van der Waals surface area contributed by atoms with Crippen LogP contribution in [0, 0.1) is 0 Å². The van der Waals surface area contributed by atoms with Gasteiger partial charge in [-0.05, 0) is 59.7 Å². The number of aromatic nitrogens is 1. The Balaban J connectivity index is 1.83. The smallest absolute Gasteiger partial charge is 0.269 e. The molecule has 0 spiro atoms. The van der Waals surface area contributed by atoms with E-state index >= 15 is 0 Å². The predicted octanol–water partition coefficient (Wildman–Crippen LogP) is 6.36. The molecule has 0 unspecified atom stereocenters. The van der Waals surface area contributed by atoms with Crippen molar-refractivity contribution in [2.45, 2.75) is 17.0 Å². The molecule has 0 amide bonds. The molecule has 3 aromatic carbocycles. The first-order valence-electron chi connectivity index (χ1n) is 10.8. The number of anilines is 1. The standard InChI is InChI=1S/C26H19Cl3N2O4S/c1-35-21-14-13-20(29)15-22(21)36(33,34)31-23-3-2-4-24(32)30(23)25(16-5-9-18(27)10-6-16)26(31)17-7-11-19(28)12-8-17/h2-15,25-26H,1H3/t25-,26+/m1/s1. The van der Waals surface area contributed by atoms with Crippen molar-refractivity contribution in [1.29, 1.82) is 0 Å². The van der Waals surface area contributed by atoms with E-state index in [0.717, 1.165) is 0 Å². The number of sulfonamides is 1. The average molecular weight is 562 g/mol. The second-order valence-corrected chi connectivity index (χ2v) is 11.3. The van der Waals surface area contributed by atoms with E-state index in [1.165, 1.54) is 40.2 Å². The zero-order valence-electron chi connectivity index (χ0n) is 18.8. The van der Waals surface area contributed by atoms with Gasteiger partial charge < -0.3 is 4.74 Å². The molecule has 0 bridgehead atoms. The van der Waals surface area contributed by atoms with Crippen LogP contribution in [-0.2, 0) is 10.0 Å². The lowest BCUT2D eigenvalue weighted by Gasteiger charge is -2.29. The zero-order valence-corrected chi connectivity index (χ0v) is 21.9. The fourth-order valence-corrected chi connectivity index (χ4v) is 6.87. The summed E-state index contributed by atoms with van der Waals surface area (Å²) in [4.78, 5) is 13.1. The van der Waals surface area contributed by atoms with Crippen LogP contribution in [0.2, 0.25) is 15.1 Å². The van der Waals surface area contributed by atoms with Gasteiger partial charge in [0.15, 0.2) is 0 Å². The van der Waals surface area contributed by atoms with Gasteiger partial charge in [-0.25, -0.2) is 12.7 Å². The Morgan fingerprint density at radius 2 is 1.31 bits per heavy atom. The van der Waals surface area contributed by atoms with Crippen molar-refractivity contribution in [3.63, 3.8) is 0 Å². The summed E-state index contributed by atoms with van der Waals surface area (Å²) in [6, 6.07) is 21.3. The molecule has 0 saturated heterocycles. The van der Waals surface area contributed by atoms with Gasteiger partial charge in [-0.2, -0.15) is 0 Å². The van der Waals surface area contributed by atoms with Crippen LogP contribution in [0.5, 0.6) is 5.75 Å². The van der Waals surface area contributed by atoms with Crippen molar-refractivity contribution in [3.8, 4) is 5.75 Å². The number of halogens is 3. The molecule has 10 heteroatoms. The molecule has 184 valence electrons. The topological polar surface area (TPSA) is 68.6 Å². The monoisotopic (exact) mass is 560 g/mol. The minimum absolute atomic E-state index is 0.115. The van der Waals surface area contributed by atoms with Crippen molar-refractivity contribution in [3.05, 3.63) is 121 Å². The van der Waals surface area contributed by atoms with Crippen molar-refractivity contribution >= 4 is 50.6 Å². The second kappa shape index (κ2) is 9.48. The Labute approximate surface area is 223 Å². The lowest BCUT2D eigenvalue weighted by atomic mass is 9.94. The zero-order chi connectivity index (χ0) is 25.6. The summed E-state index contributed by atoms with van der Waals surface area (Å²) in [5.41, 5.74) is 1.01. The molecule has 5 rings (SSSR count). The number of fused-ring (bicyclic) bond motifs is 1. The first-order chi connectivity index (χ1) is 17.2. The van der Waals surface area contributed by atoms with E-state index in [-0.39, 0.29) is 27.0 Å². The van der Waals surface area contributed by atoms with Crippen molar-refractivity contribution < 1.29 is 13.2 Å². The molecule has 0 fully saturated rings. The fraction of sp³-hybridized carbons (Fsp3) is 0.115. The molecule has 0 radical (unpaired) electrons. The summed E-state index contributed by atoms with van der Waals surface area (Å²) >= 11 is 18.5. The summed E-state index contributed by atoms with van der Waals surface area (Å²) in [5, 5.41) is 1.25. The molecule has 0 aliphatic carbocycles. The highest BCUT2D eigenvalue weighted by atomic mass is 35.5. The highest BCUT2D eigenvalue weighted by molar-refractivity contribution is 7.93. The van der Waals surface area contributed by atoms with E-state index in [1.54, 1.807) is 60.7 Å². The molecule has 1 aliphatic rings. The van der Waals surface area contributed by atoms with Crippen molar-refractivity contribution in [1.82, 2.24) is 4.57 Å². The van der Waals surface area contributed by atoms with Gasteiger partial charge in [-0.1, -0.05) is 65.1 Å². The largest absolute Gasteiger partial charge is 0.495 e. The van der Waals surface area contributed by atoms with E-state index in [0.29, 0.717) is 21.2 Å². The number of benzene rings is 3. The van der Waals surface area contributed by atoms with E-state index in [1.807, 2.05) is 0 Å². The van der Waals surface area contributed by atoms with Gasteiger partial charge in [0.2, 0.25) is 0 Å². The Hall–Kier alpha value is -2.97. The second-order valence-electron chi connectivity index (χ2n) is 8.18. The predicted molar refractivity (Wildman–Crippen MR) is 142 cm³/mol. The number of pyridine rings is 1. The number of nitrogens with zero attached hydrogens (tertiary/aromatic N) is 2. The Bertz CT molecular complexity index is 1600. The highest BCUT2D eigenvalue weighted by Crippen LogP contribution is 2.50. The van der Waals surface area contributed by atoms with Crippen molar-refractivity contribution in [2.75, 3.05) is 11.4 Å². The van der Waals surface area contributed by atoms with Gasteiger partial charge >= 0.3 is 0 Å². The number of methoxy groups -OCH3 is 1. The lowest BCUT2D eigenvalue weighted by molar-refractivity contribution is 0.402. The first kappa shape index (κ1) is 24.7. The molecule has 1 aliphatic heterocycles.